The molecule has 9 heteroatoms. The van der Waals surface area contributed by atoms with Gasteiger partial charge in [-0.3, -0.25) is 4.79 Å². The lowest BCUT2D eigenvalue weighted by Gasteiger charge is -2.06. The van der Waals surface area contributed by atoms with Crippen LogP contribution in [0.15, 0.2) is 18.3 Å². The smallest absolute Gasteiger partial charge is 0.279 e. The predicted octanol–water partition coefficient (Wildman–Crippen LogP) is 1.75. The molecule has 0 radical (unpaired) electrons. The molecule has 0 saturated heterocycles. The van der Waals surface area contributed by atoms with Gasteiger partial charge in [0.25, 0.3) is 5.91 Å². The first-order valence-electron chi connectivity index (χ1n) is 6.97. The molecule has 0 aliphatic heterocycles. The molecule has 118 valence electrons. The van der Waals surface area contributed by atoms with E-state index in [0.29, 0.717) is 18.1 Å². The van der Waals surface area contributed by atoms with E-state index in [0.717, 1.165) is 28.7 Å². The SMILES string of the molecule is Cc1cccnc1NC(=O)c1nnn(Cc2nsnc2C)c1C. The molecule has 3 aromatic rings. The van der Waals surface area contributed by atoms with Crippen molar-refractivity contribution in [2.45, 2.75) is 27.3 Å². The summed E-state index contributed by atoms with van der Waals surface area (Å²) >= 11 is 1.16. The minimum Gasteiger partial charge on any atom is -0.305 e. The molecule has 0 saturated carbocycles. The third-order valence-electron chi connectivity index (χ3n) is 3.48. The zero-order chi connectivity index (χ0) is 16.4. The Labute approximate surface area is 136 Å². The summed E-state index contributed by atoms with van der Waals surface area (Å²) in [5, 5.41) is 10.8. The molecule has 0 atom stereocenters. The number of carbonyl (C=O) groups is 1. The van der Waals surface area contributed by atoms with Crippen molar-refractivity contribution in [2.24, 2.45) is 0 Å². The highest BCUT2D eigenvalue weighted by Crippen LogP contribution is 2.13. The van der Waals surface area contributed by atoms with Gasteiger partial charge in [-0.2, -0.15) is 8.75 Å². The first-order valence-corrected chi connectivity index (χ1v) is 7.70. The highest BCUT2D eigenvalue weighted by atomic mass is 32.1. The van der Waals surface area contributed by atoms with Crippen LogP contribution in [0.25, 0.3) is 0 Å². The number of aromatic nitrogens is 6. The maximum absolute atomic E-state index is 12.4. The number of hydrogen-bond donors (Lipinski definition) is 1. The van der Waals surface area contributed by atoms with Crippen LogP contribution in [-0.4, -0.2) is 34.6 Å². The van der Waals surface area contributed by atoms with Gasteiger partial charge in [0.05, 0.1) is 35.4 Å². The van der Waals surface area contributed by atoms with E-state index in [4.69, 9.17) is 0 Å². The van der Waals surface area contributed by atoms with Gasteiger partial charge >= 0.3 is 0 Å². The Balaban J connectivity index is 1.80. The summed E-state index contributed by atoms with van der Waals surface area (Å²) in [6, 6.07) is 3.70. The Morgan fingerprint density at radius 1 is 1.30 bits per heavy atom. The van der Waals surface area contributed by atoms with Crippen LogP contribution in [-0.2, 0) is 6.54 Å². The summed E-state index contributed by atoms with van der Waals surface area (Å²) < 4.78 is 9.99. The number of rotatable bonds is 4. The van der Waals surface area contributed by atoms with Crippen LogP contribution in [0, 0.1) is 20.8 Å². The molecular weight excluding hydrogens is 314 g/mol. The Hall–Kier alpha value is -2.68. The van der Waals surface area contributed by atoms with E-state index < -0.39 is 0 Å². The van der Waals surface area contributed by atoms with Crippen LogP contribution >= 0.6 is 11.7 Å². The van der Waals surface area contributed by atoms with Gasteiger partial charge in [0.15, 0.2) is 5.69 Å². The van der Waals surface area contributed by atoms with Gasteiger partial charge in [-0.1, -0.05) is 11.3 Å². The second kappa shape index (κ2) is 6.21. The zero-order valence-electron chi connectivity index (χ0n) is 12.9. The van der Waals surface area contributed by atoms with Gasteiger partial charge in [0.1, 0.15) is 5.82 Å². The molecule has 0 aliphatic carbocycles. The highest BCUT2D eigenvalue weighted by Gasteiger charge is 2.18. The number of anilines is 1. The molecule has 3 heterocycles. The molecule has 1 N–H and O–H groups in total. The third-order valence-corrected chi connectivity index (χ3v) is 4.14. The maximum Gasteiger partial charge on any atom is 0.279 e. The third kappa shape index (κ3) is 3.09. The van der Waals surface area contributed by atoms with Crippen LogP contribution in [0.5, 0.6) is 0 Å². The van der Waals surface area contributed by atoms with Crippen LogP contribution in [0.1, 0.15) is 33.1 Å². The van der Waals surface area contributed by atoms with E-state index in [2.05, 4.69) is 29.4 Å². The number of aryl methyl sites for hydroxylation is 2. The molecular formula is C14H15N7OS. The second-order valence-corrected chi connectivity index (χ2v) is 5.63. The highest BCUT2D eigenvalue weighted by molar-refractivity contribution is 6.99. The second-order valence-electron chi connectivity index (χ2n) is 5.10. The fraction of sp³-hybridized carbons (Fsp3) is 0.286. The minimum absolute atomic E-state index is 0.274. The average Bonchev–Trinajstić information content (AvgIpc) is 3.09. The van der Waals surface area contributed by atoms with E-state index in [1.165, 1.54) is 0 Å². The largest absolute Gasteiger partial charge is 0.305 e. The van der Waals surface area contributed by atoms with Crippen LogP contribution in [0.4, 0.5) is 5.82 Å². The van der Waals surface area contributed by atoms with Crippen molar-refractivity contribution < 1.29 is 4.79 Å². The summed E-state index contributed by atoms with van der Waals surface area (Å²) in [5.74, 6) is 0.190. The van der Waals surface area contributed by atoms with Gasteiger partial charge in [0, 0.05) is 6.20 Å². The molecule has 0 aromatic carbocycles. The van der Waals surface area contributed by atoms with Gasteiger partial charge < -0.3 is 5.32 Å². The van der Waals surface area contributed by atoms with Crippen molar-refractivity contribution in [1.82, 2.24) is 28.7 Å². The lowest BCUT2D eigenvalue weighted by molar-refractivity contribution is 0.102. The lowest BCUT2D eigenvalue weighted by atomic mass is 10.2. The molecule has 23 heavy (non-hydrogen) atoms. The molecule has 8 nitrogen and oxygen atoms in total. The fourth-order valence-electron chi connectivity index (χ4n) is 2.04. The van der Waals surface area contributed by atoms with Crippen molar-refractivity contribution in [3.8, 4) is 0 Å². The van der Waals surface area contributed by atoms with Gasteiger partial charge in [0.2, 0.25) is 0 Å². The molecule has 3 aromatic heterocycles. The summed E-state index contributed by atoms with van der Waals surface area (Å²) in [4.78, 5) is 16.5. The lowest BCUT2D eigenvalue weighted by Crippen LogP contribution is -2.16. The predicted molar refractivity (Wildman–Crippen MR) is 85.4 cm³/mol. The first-order chi connectivity index (χ1) is 11.1. The fourth-order valence-corrected chi connectivity index (χ4v) is 2.60. The topological polar surface area (TPSA) is 98.5 Å². The van der Waals surface area contributed by atoms with Gasteiger partial charge in [-0.15, -0.1) is 5.10 Å². The number of nitrogens with one attached hydrogen (secondary N) is 1. The first kappa shape index (κ1) is 15.2. The molecule has 0 aliphatic rings. The summed E-state index contributed by atoms with van der Waals surface area (Å²) in [6.45, 7) is 6.01. The molecule has 0 bridgehead atoms. The summed E-state index contributed by atoms with van der Waals surface area (Å²) in [7, 11) is 0. The van der Waals surface area contributed by atoms with Crippen LogP contribution < -0.4 is 5.32 Å². The number of amides is 1. The van der Waals surface area contributed by atoms with E-state index >= 15 is 0 Å². The number of carbonyl (C=O) groups excluding carboxylic acids is 1. The normalized spacial score (nSPS) is 10.7. The van der Waals surface area contributed by atoms with Crippen LogP contribution in [0.2, 0.25) is 0 Å². The Morgan fingerprint density at radius 3 is 2.83 bits per heavy atom. The van der Waals surface area contributed by atoms with E-state index in [9.17, 15) is 4.79 Å². The molecule has 0 spiro atoms. The molecule has 0 unspecified atom stereocenters. The molecule has 1 amide bonds. The van der Waals surface area contributed by atoms with Gasteiger partial charge in [-0.25, -0.2) is 9.67 Å². The molecule has 3 rings (SSSR count). The standard InChI is InChI=1S/C14H15N7OS/c1-8-5-4-6-15-13(8)16-14(22)12-10(3)21(20-17-12)7-11-9(2)18-23-19-11/h4-6H,7H2,1-3H3,(H,15,16,22). The van der Waals surface area contributed by atoms with E-state index in [1.54, 1.807) is 17.8 Å². The Kier molecular flexibility index (Phi) is 4.11. The Bertz CT molecular complexity index is 854. The summed E-state index contributed by atoms with van der Waals surface area (Å²) in [6.07, 6.45) is 1.63. The average molecular weight is 329 g/mol. The Morgan fingerprint density at radius 2 is 2.13 bits per heavy atom. The summed E-state index contributed by atoms with van der Waals surface area (Å²) in [5.41, 5.74) is 3.52. The van der Waals surface area contributed by atoms with Gasteiger partial charge in [-0.05, 0) is 32.4 Å². The maximum atomic E-state index is 12.4. The van der Waals surface area contributed by atoms with E-state index in [-0.39, 0.29) is 11.6 Å². The number of hydrogen-bond acceptors (Lipinski definition) is 7. The van der Waals surface area contributed by atoms with Crippen LogP contribution in [0.3, 0.4) is 0 Å². The van der Waals surface area contributed by atoms with Crippen molar-refractivity contribution in [2.75, 3.05) is 5.32 Å². The van der Waals surface area contributed by atoms with Crippen molar-refractivity contribution in [3.63, 3.8) is 0 Å². The number of nitrogens with zero attached hydrogens (tertiary/aromatic N) is 6. The number of pyridine rings is 1. The quantitative estimate of drug-likeness (QED) is 0.783. The monoisotopic (exact) mass is 329 g/mol. The van der Waals surface area contributed by atoms with Crippen molar-refractivity contribution in [3.05, 3.63) is 46.7 Å². The molecule has 0 fully saturated rings. The van der Waals surface area contributed by atoms with Crippen molar-refractivity contribution >= 4 is 23.5 Å². The minimum atomic E-state index is -0.330. The van der Waals surface area contributed by atoms with E-state index in [1.807, 2.05) is 26.0 Å². The zero-order valence-corrected chi connectivity index (χ0v) is 13.8. The van der Waals surface area contributed by atoms with Crippen molar-refractivity contribution in [1.29, 1.82) is 0 Å².